The lowest BCUT2D eigenvalue weighted by atomic mass is 10.1. The van der Waals surface area contributed by atoms with Gasteiger partial charge in [0.2, 0.25) is 5.91 Å². The Labute approximate surface area is 96.1 Å². The summed E-state index contributed by atoms with van der Waals surface area (Å²) in [5.74, 6) is 0.162. The van der Waals surface area contributed by atoms with Crippen molar-refractivity contribution in [1.29, 1.82) is 0 Å². The van der Waals surface area contributed by atoms with E-state index in [4.69, 9.17) is 9.47 Å². The standard InChI is InChI=1S/C11H20N2O3/c1-2-9-7-16-6-4-13(9)11(14)10-8-15-5-3-12-10/h9-10,12H,2-8H2,1H3. The number of carbonyl (C=O) groups excluding carboxylic acids is 1. The topological polar surface area (TPSA) is 50.8 Å². The third kappa shape index (κ3) is 2.53. The van der Waals surface area contributed by atoms with Crippen LogP contribution >= 0.6 is 0 Å². The SMILES string of the molecule is CCC1COCCN1C(=O)C1COCCN1. The number of nitrogens with one attached hydrogen (secondary N) is 1. The van der Waals surface area contributed by atoms with E-state index in [1.54, 1.807) is 0 Å². The van der Waals surface area contributed by atoms with E-state index >= 15 is 0 Å². The maximum absolute atomic E-state index is 12.3. The third-order valence-electron chi connectivity index (χ3n) is 3.20. The zero-order chi connectivity index (χ0) is 11.4. The number of morpholine rings is 2. The lowest BCUT2D eigenvalue weighted by Crippen LogP contribution is -2.57. The van der Waals surface area contributed by atoms with E-state index in [1.165, 1.54) is 0 Å². The number of hydrogen-bond donors (Lipinski definition) is 1. The van der Waals surface area contributed by atoms with Crippen molar-refractivity contribution in [1.82, 2.24) is 10.2 Å². The van der Waals surface area contributed by atoms with Crippen LogP contribution in [0.2, 0.25) is 0 Å². The number of amides is 1. The van der Waals surface area contributed by atoms with E-state index in [0.717, 1.165) is 13.0 Å². The fourth-order valence-corrected chi connectivity index (χ4v) is 2.21. The molecule has 0 bridgehead atoms. The summed E-state index contributed by atoms with van der Waals surface area (Å²) in [5.41, 5.74) is 0. The van der Waals surface area contributed by atoms with Crippen LogP contribution in [0, 0.1) is 0 Å². The summed E-state index contributed by atoms with van der Waals surface area (Å²) in [7, 11) is 0. The highest BCUT2D eigenvalue weighted by Crippen LogP contribution is 2.12. The molecular formula is C11H20N2O3. The maximum atomic E-state index is 12.3. The first-order chi connectivity index (χ1) is 7.83. The van der Waals surface area contributed by atoms with Crippen LogP contribution in [-0.4, -0.2) is 62.4 Å². The summed E-state index contributed by atoms with van der Waals surface area (Å²) in [6.07, 6.45) is 0.944. The van der Waals surface area contributed by atoms with Crippen molar-refractivity contribution in [2.24, 2.45) is 0 Å². The number of ether oxygens (including phenoxy) is 2. The second-order valence-corrected chi connectivity index (χ2v) is 4.25. The van der Waals surface area contributed by atoms with Gasteiger partial charge in [-0.3, -0.25) is 4.79 Å². The van der Waals surface area contributed by atoms with Crippen molar-refractivity contribution in [2.75, 3.05) is 39.5 Å². The first-order valence-corrected chi connectivity index (χ1v) is 6.02. The van der Waals surface area contributed by atoms with Crippen molar-refractivity contribution in [3.63, 3.8) is 0 Å². The highest BCUT2D eigenvalue weighted by atomic mass is 16.5. The average Bonchev–Trinajstić information content (AvgIpc) is 2.39. The molecule has 0 aromatic carbocycles. The van der Waals surface area contributed by atoms with Gasteiger partial charge < -0.3 is 19.7 Å². The van der Waals surface area contributed by atoms with E-state index in [1.807, 2.05) is 4.90 Å². The van der Waals surface area contributed by atoms with Crippen LogP contribution in [-0.2, 0) is 14.3 Å². The molecule has 0 aliphatic carbocycles. The predicted molar refractivity (Wildman–Crippen MR) is 59.2 cm³/mol. The molecule has 1 N–H and O–H groups in total. The number of carbonyl (C=O) groups is 1. The molecule has 2 heterocycles. The zero-order valence-electron chi connectivity index (χ0n) is 9.78. The molecule has 0 saturated carbocycles. The second kappa shape index (κ2) is 5.61. The molecule has 2 saturated heterocycles. The van der Waals surface area contributed by atoms with Crippen LogP contribution in [0.5, 0.6) is 0 Å². The van der Waals surface area contributed by atoms with E-state index < -0.39 is 0 Å². The van der Waals surface area contributed by atoms with Gasteiger partial charge in [-0.2, -0.15) is 0 Å². The molecule has 2 aliphatic rings. The first-order valence-electron chi connectivity index (χ1n) is 6.02. The molecule has 92 valence electrons. The monoisotopic (exact) mass is 228 g/mol. The average molecular weight is 228 g/mol. The molecule has 0 spiro atoms. The van der Waals surface area contributed by atoms with Crippen molar-refractivity contribution in [3.8, 4) is 0 Å². The Balaban J connectivity index is 1.95. The minimum absolute atomic E-state index is 0.162. The molecule has 2 fully saturated rings. The Hall–Kier alpha value is -0.650. The summed E-state index contributed by atoms with van der Waals surface area (Å²) in [5, 5.41) is 3.20. The predicted octanol–water partition coefficient (Wildman–Crippen LogP) is -0.388. The second-order valence-electron chi connectivity index (χ2n) is 4.25. The van der Waals surface area contributed by atoms with Gasteiger partial charge >= 0.3 is 0 Å². The molecule has 0 aromatic heterocycles. The van der Waals surface area contributed by atoms with Crippen LogP contribution in [0.25, 0.3) is 0 Å². The maximum Gasteiger partial charge on any atom is 0.242 e. The molecular weight excluding hydrogens is 208 g/mol. The van der Waals surface area contributed by atoms with Gasteiger partial charge in [0, 0.05) is 13.1 Å². The molecule has 0 radical (unpaired) electrons. The summed E-state index contributed by atoms with van der Waals surface area (Å²) >= 11 is 0. The van der Waals surface area contributed by atoms with Crippen molar-refractivity contribution < 1.29 is 14.3 Å². The highest BCUT2D eigenvalue weighted by molar-refractivity contribution is 5.82. The van der Waals surface area contributed by atoms with Crippen LogP contribution < -0.4 is 5.32 Å². The van der Waals surface area contributed by atoms with Gasteiger partial charge in [-0.25, -0.2) is 0 Å². The largest absolute Gasteiger partial charge is 0.378 e. The van der Waals surface area contributed by atoms with Gasteiger partial charge in [0.15, 0.2) is 0 Å². The van der Waals surface area contributed by atoms with Crippen molar-refractivity contribution in [3.05, 3.63) is 0 Å². The Kier molecular flexibility index (Phi) is 4.15. The molecule has 2 aliphatic heterocycles. The molecule has 1 amide bonds. The van der Waals surface area contributed by atoms with Gasteiger partial charge in [-0.1, -0.05) is 6.92 Å². The van der Waals surface area contributed by atoms with Gasteiger partial charge in [0.05, 0.1) is 32.5 Å². The quantitative estimate of drug-likeness (QED) is 0.699. The van der Waals surface area contributed by atoms with E-state index in [2.05, 4.69) is 12.2 Å². The Morgan fingerprint density at radius 3 is 2.88 bits per heavy atom. The van der Waals surface area contributed by atoms with Gasteiger partial charge in [-0.05, 0) is 6.42 Å². The van der Waals surface area contributed by atoms with E-state index in [-0.39, 0.29) is 18.0 Å². The Morgan fingerprint density at radius 2 is 2.19 bits per heavy atom. The number of rotatable bonds is 2. The van der Waals surface area contributed by atoms with Crippen molar-refractivity contribution in [2.45, 2.75) is 25.4 Å². The third-order valence-corrected chi connectivity index (χ3v) is 3.20. The van der Waals surface area contributed by atoms with Crippen LogP contribution in [0.15, 0.2) is 0 Å². The normalized spacial score (nSPS) is 31.4. The molecule has 2 atom stereocenters. The summed E-state index contributed by atoms with van der Waals surface area (Å²) in [6.45, 7) is 6.06. The Bertz CT molecular complexity index is 241. The smallest absolute Gasteiger partial charge is 0.242 e. The minimum atomic E-state index is -0.166. The number of hydrogen-bond acceptors (Lipinski definition) is 4. The van der Waals surface area contributed by atoms with Crippen molar-refractivity contribution >= 4 is 5.91 Å². The number of nitrogens with zero attached hydrogens (tertiary/aromatic N) is 1. The van der Waals surface area contributed by atoms with Crippen LogP contribution in [0.4, 0.5) is 0 Å². The molecule has 0 aromatic rings. The summed E-state index contributed by atoms with van der Waals surface area (Å²) < 4.78 is 10.7. The van der Waals surface area contributed by atoms with Gasteiger partial charge in [-0.15, -0.1) is 0 Å². The lowest BCUT2D eigenvalue weighted by Gasteiger charge is -2.38. The fourth-order valence-electron chi connectivity index (χ4n) is 2.21. The molecule has 5 nitrogen and oxygen atoms in total. The van der Waals surface area contributed by atoms with Crippen LogP contribution in [0.3, 0.4) is 0 Å². The van der Waals surface area contributed by atoms with Crippen LogP contribution in [0.1, 0.15) is 13.3 Å². The highest BCUT2D eigenvalue weighted by Gasteiger charge is 2.31. The summed E-state index contributed by atoms with van der Waals surface area (Å²) in [4.78, 5) is 14.2. The van der Waals surface area contributed by atoms with E-state index in [0.29, 0.717) is 33.0 Å². The minimum Gasteiger partial charge on any atom is -0.378 e. The van der Waals surface area contributed by atoms with E-state index in [9.17, 15) is 4.79 Å². The summed E-state index contributed by atoms with van der Waals surface area (Å²) in [6, 6.07) is 0.0610. The zero-order valence-corrected chi connectivity index (χ0v) is 9.78. The first kappa shape index (κ1) is 11.8. The molecule has 2 rings (SSSR count). The van der Waals surface area contributed by atoms with Gasteiger partial charge in [0.1, 0.15) is 6.04 Å². The Morgan fingerprint density at radius 1 is 1.38 bits per heavy atom. The molecule has 5 heteroatoms. The molecule has 2 unspecified atom stereocenters. The lowest BCUT2D eigenvalue weighted by molar-refractivity contribution is -0.145. The van der Waals surface area contributed by atoms with Gasteiger partial charge in [0.25, 0.3) is 0 Å². The molecule has 16 heavy (non-hydrogen) atoms. The fraction of sp³-hybridized carbons (Fsp3) is 0.909.